The predicted octanol–water partition coefficient (Wildman–Crippen LogP) is 5.12. The van der Waals surface area contributed by atoms with E-state index in [9.17, 15) is 4.79 Å². The topological polar surface area (TPSA) is 46.9 Å². The number of carbonyl (C=O) groups is 1. The third kappa shape index (κ3) is 5.44. The van der Waals surface area contributed by atoms with Gasteiger partial charge in [-0.2, -0.15) is 5.10 Å². The van der Waals surface area contributed by atoms with Crippen molar-refractivity contribution in [2.75, 3.05) is 0 Å². The Morgan fingerprint density at radius 1 is 1.23 bits per heavy atom. The Hall–Kier alpha value is -1.62. The Morgan fingerprint density at radius 2 is 1.88 bits per heavy atom. The van der Waals surface area contributed by atoms with E-state index in [-0.39, 0.29) is 11.9 Å². The van der Waals surface area contributed by atoms with Crippen molar-refractivity contribution < 1.29 is 4.79 Å². The molecule has 1 atom stereocenters. The fourth-order valence-corrected chi connectivity index (χ4v) is 3.50. The number of halogens is 1. The van der Waals surface area contributed by atoms with E-state index in [2.05, 4.69) is 70.9 Å². The molecule has 1 heterocycles. The first-order chi connectivity index (χ1) is 12.3. The maximum Gasteiger partial charge on any atom is 0.220 e. The smallest absolute Gasteiger partial charge is 0.220 e. The highest BCUT2D eigenvalue weighted by atomic mass is 79.9. The number of benzene rings is 1. The Kier molecular flexibility index (Phi) is 7.44. The molecule has 0 spiro atoms. The number of carbonyl (C=O) groups excluding carboxylic acids is 1. The van der Waals surface area contributed by atoms with Crippen LogP contribution in [0.3, 0.4) is 0 Å². The standard InChI is InChI=1S/C21H30BrN3O/c1-6-20(17-7-9-18(22)10-8-17)23-21(26)12-11-19-15(4)24-25(16(19)5)13-14(2)3/h7-10,14,20H,6,11-13H2,1-5H3,(H,23,26). The van der Waals surface area contributed by atoms with Crippen LogP contribution in [0.25, 0.3) is 0 Å². The average Bonchev–Trinajstić information content (AvgIpc) is 2.84. The minimum absolute atomic E-state index is 0.0569. The predicted molar refractivity (Wildman–Crippen MR) is 110 cm³/mol. The van der Waals surface area contributed by atoms with Crippen LogP contribution in [-0.2, 0) is 17.8 Å². The lowest BCUT2D eigenvalue weighted by Crippen LogP contribution is -2.28. The van der Waals surface area contributed by atoms with Gasteiger partial charge in [0.25, 0.3) is 0 Å². The van der Waals surface area contributed by atoms with Crippen molar-refractivity contribution in [3.8, 4) is 0 Å². The maximum atomic E-state index is 12.5. The molecule has 5 heteroatoms. The van der Waals surface area contributed by atoms with Gasteiger partial charge in [0.05, 0.1) is 11.7 Å². The largest absolute Gasteiger partial charge is 0.349 e. The van der Waals surface area contributed by atoms with Crippen molar-refractivity contribution >= 4 is 21.8 Å². The number of aryl methyl sites for hydroxylation is 1. The minimum Gasteiger partial charge on any atom is -0.349 e. The van der Waals surface area contributed by atoms with Gasteiger partial charge >= 0.3 is 0 Å². The summed E-state index contributed by atoms with van der Waals surface area (Å²) >= 11 is 3.45. The SMILES string of the molecule is CCC(NC(=O)CCc1c(C)nn(CC(C)C)c1C)c1ccc(Br)cc1. The molecule has 0 aliphatic carbocycles. The number of amides is 1. The highest BCUT2D eigenvalue weighted by Gasteiger charge is 2.16. The molecular weight excluding hydrogens is 390 g/mol. The monoisotopic (exact) mass is 419 g/mol. The second-order valence-electron chi connectivity index (χ2n) is 7.31. The van der Waals surface area contributed by atoms with Crippen LogP contribution in [0, 0.1) is 19.8 Å². The highest BCUT2D eigenvalue weighted by Crippen LogP contribution is 2.20. The zero-order valence-electron chi connectivity index (χ0n) is 16.5. The second-order valence-corrected chi connectivity index (χ2v) is 8.22. The molecule has 1 unspecified atom stereocenters. The van der Waals surface area contributed by atoms with Gasteiger partial charge in [-0.15, -0.1) is 0 Å². The summed E-state index contributed by atoms with van der Waals surface area (Å²) in [6.07, 6.45) is 2.10. The molecule has 26 heavy (non-hydrogen) atoms. The lowest BCUT2D eigenvalue weighted by molar-refractivity contribution is -0.121. The van der Waals surface area contributed by atoms with E-state index in [4.69, 9.17) is 0 Å². The molecule has 4 nitrogen and oxygen atoms in total. The Labute approximate surface area is 165 Å². The van der Waals surface area contributed by atoms with Crippen molar-refractivity contribution in [1.82, 2.24) is 15.1 Å². The molecule has 1 aromatic carbocycles. The van der Waals surface area contributed by atoms with Gasteiger partial charge in [-0.1, -0.05) is 48.8 Å². The van der Waals surface area contributed by atoms with Gasteiger partial charge in [-0.3, -0.25) is 9.48 Å². The van der Waals surface area contributed by atoms with Crippen LogP contribution in [0.2, 0.25) is 0 Å². The first kappa shape index (κ1) is 20.7. The number of nitrogens with one attached hydrogen (secondary N) is 1. The molecule has 1 N–H and O–H groups in total. The first-order valence-corrected chi connectivity index (χ1v) is 10.2. The van der Waals surface area contributed by atoms with Gasteiger partial charge in [-0.05, 0) is 55.9 Å². The fraction of sp³-hybridized carbons (Fsp3) is 0.524. The number of hydrogen-bond donors (Lipinski definition) is 1. The fourth-order valence-electron chi connectivity index (χ4n) is 3.24. The molecule has 1 aromatic heterocycles. The Bertz CT molecular complexity index is 734. The van der Waals surface area contributed by atoms with Crippen molar-refractivity contribution in [1.29, 1.82) is 0 Å². The molecular formula is C21H30BrN3O. The normalized spacial score (nSPS) is 12.4. The molecule has 0 saturated carbocycles. The van der Waals surface area contributed by atoms with E-state index < -0.39 is 0 Å². The summed E-state index contributed by atoms with van der Waals surface area (Å²) in [5, 5.41) is 7.81. The zero-order valence-corrected chi connectivity index (χ0v) is 18.1. The van der Waals surface area contributed by atoms with Gasteiger partial charge in [0, 0.05) is 23.1 Å². The van der Waals surface area contributed by atoms with Crippen LogP contribution < -0.4 is 5.32 Å². The molecule has 2 rings (SSSR count). The maximum absolute atomic E-state index is 12.5. The van der Waals surface area contributed by atoms with Gasteiger partial charge in [0.1, 0.15) is 0 Å². The van der Waals surface area contributed by atoms with Gasteiger partial charge < -0.3 is 5.32 Å². The van der Waals surface area contributed by atoms with Crippen molar-refractivity contribution in [3.05, 3.63) is 51.3 Å². The van der Waals surface area contributed by atoms with E-state index in [1.807, 2.05) is 19.1 Å². The zero-order chi connectivity index (χ0) is 19.3. The van der Waals surface area contributed by atoms with Crippen molar-refractivity contribution in [3.63, 3.8) is 0 Å². The van der Waals surface area contributed by atoms with Crippen molar-refractivity contribution in [2.45, 2.75) is 66.5 Å². The van der Waals surface area contributed by atoms with Crippen LogP contribution in [0.1, 0.15) is 62.2 Å². The summed E-state index contributed by atoms with van der Waals surface area (Å²) in [5.74, 6) is 0.649. The van der Waals surface area contributed by atoms with Gasteiger partial charge in [0.15, 0.2) is 0 Å². The second kappa shape index (κ2) is 9.36. The van der Waals surface area contributed by atoms with Crippen molar-refractivity contribution in [2.24, 2.45) is 5.92 Å². The number of aromatic nitrogens is 2. The molecule has 0 aliphatic heterocycles. The number of rotatable bonds is 8. The number of nitrogens with zero attached hydrogens (tertiary/aromatic N) is 2. The van der Waals surface area contributed by atoms with Crippen LogP contribution in [0.4, 0.5) is 0 Å². The molecule has 0 fully saturated rings. The summed E-state index contributed by atoms with van der Waals surface area (Å²) in [6.45, 7) is 11.5. The molecule has 0 aliphatic rings. The van der Waals surface area contributed by atoms with Crippen LogP contribution in [0.15, 0.2) is 28.7 Å². The number of hydrogen-bond acceptors (Lipinski definition) is 2. The first-order valence-electron chi connectivity index (χ1n) is 9.39. The lowest BCUT2D eigenvalue weighted by Gasteiger charge is -2.17. The highest BCUT2D eigenvalue weighted by molar-refractivity contribution is 9.10. The van der Waals surface area contributed by atoms with E-state index in [0.29, 0.717) is 12.3 Å². The summed E-state index contributed by atoms with van der Waals surface area (Å²) < 4.78 is 3.12. The van der Waals surface area contributed by atoms with E-state index in [0.717, 1.165) is 35.1 Å². The van der Waals surface area contributed by atoms with Crippen LogP contribution in [-0.4, -0.2) is 15.7 Å². The van der Waals surface area contributed by atoms with E-state index in [1.165, 1.54) is 11.3 Å². The summed E-state index contributed by atoms with van der Waals surface area (Å²) in [7, 11) is 0. The minimum atomic E-state index is 0.0569. The van der Waals surface area contributed by atoms with Gasteiger partial charge in [0.2, 0.25) is 5.91 Å². The molecule has 142 valence electrons. The van der Waals surface area contributed by atoms with Crippen LogP contribution >= 0.6 is 15.9 Å². The average molecular weight is 420 g/mol. The van der Waals surface area contributed by atoms with Crippen LogP contribution in [0.5, 0.6) is 0 Å². The molecule has 1 amide bonds. The molecule has 0 radical (unpaired) electrons. The molecule has 0 bridgehead atoms. The third-order valence-electron chi connectivity index (χ3n) is 4.69. The molecule has 0 saturated heterocycles. The summed E-state index contributed by atoms with van der Waals surface area (Å²) in [6, 6.07) is 8.20. The van der Waals surface area contributed by atoms with E-state index >= 15 is 0 Å². The molecule has 2 aromatic rings. The summed E-state index contributed by atoms with van der Waals surface area (Å²) in [4.78, 5) is 12.5. The van der Waals surface area contributed by atoms with E-state index in [1.54, 1.807) is 0 Å². The van der Waals surface area contributed by atoms with Gasteiger partial charge in [-0.25, -0.2) is 0 Å². The Morgan fingerprint density at radius 3 is 2.46 bits per heavy atom. The lowest BCUT2D eigenvalue weighted by atomic mass is 10.0. The summed E-state index contributed by atoms with van der Waals surface area (Å²) in [5.41, 5.74) is 4.57. The Balaban J connectivity index is 1.98. The quantitative estimate of drug-likeness (QED) is 0.645. The third-order valence-corrected chi connectivity index (χ3v) is 5.22.